The molecule has 0 unspecified atom stereocenters. The fourth-order valence-electron chi connectivity index (χ4n) is 1.91. The first-order chi connectivity index (χ1) is 8.24. The maximum Gasteiger partial charge on any atom is 0.262 e. The number of aryl methyl sites for hydroxylation is 3. The fraction of sp³-hybridized carbons (Fsp3) is 0.538. The molecule has 102 valence electrons. The number of nitrogens with one attached hydrogen (secondary N) is 1. The van der Waals surface area contributed by atoms with Gasteiger partial charge in [0, 0.05) is 0 Å². The summed E-state index contributed by atoms with van der Waals surface area (Å²) in [4.78, 5) is 7.50. The number of hydrogen-bond acceptors (Lipinski definition) is 3. The van der Waals surface area contributed by atoms with Crippen LogP contribution in [0.2, 0.25) is 0 Å². The summed E-state index contributed by atoms with van der Waals surface area (Å²) in [7, 11) is -3.61. The summed E-state index contributed by atoms with van der Waals surface area (Å²) in [6.45, 7) is 9.78. The van der Waals surface area contributed by atoms with E-state index in [1.54, 1.807) is 13.8 Å². The van der Waals surface area contributed by atoms with E-state index in [4.69, 9.17) is 4.84 Å². The molecule has 0 amide bonds. The van der Waals surface area contributed by atoms with Crippen LogP contribution in [0.15, 0.2) is 17.0 Å². The van der Waals surface area contributed by atoms with Gasteiger partial charge in [0.25, 0.3) is 10.0 Å². The molecule has 0 heterocycles. The molecule has 0 aromatic heterocycles. The topological polar surface area (TPSA) is 55.4 Å². The molecule has 4 nitrogen and oxygen atoms in total. The zero-order valence-electron chi connectivity index (χ0n) is 11.6. The summed E-state index contributed by atoms with van der Waals surface area (Å²) in [5.74, 6) is 0.271. The zero-order chi connectivity index (χ0) is 13.9. The second-order valence-electron chi connectivity index (χ2n) is 5.02. The minimum Gasteiger partial charge on any atom is -0.287 e. The van der Waals surface area contributed by atoms with Gasteiger partial charge in [-0.25, -0.2) is 8.42 Å². The van der Waals surface area contributed by atoms with Crippen LogP contribution in [-0.4, -0.2) is 15.0 Å². The Morgan fingerprint density at radius 1 is 1.17 bits per heavy atom. The quantitative estimate of drug-likeness (QED) is 0.837. The third kappa shape index (κ3) is 3.80. The number of sulfonamides is 1. The van der Waals surface area contributed by atoms with Crippen LogP contribution >= 0.6 is 0 Å². The monoisotopic (exact) mass is 271 g/mol. The molecule has 5 heteroatoms. The molecule has 18 heavy (non-hydrogen) atoms. The van der Waals surface area contributed by atoms with Gasteiger partial charge in [-0.15, -0.1) is 0 Å². The molecule has 1 aromatic carbocycles. The highest BCUT2D eigenvalue weighted by Gasteiger charge is 2.20. The van der Waals surface area contributed by atoms with E-state index in [0.717, 1.165) is 16.7 Å². The fourth-order valence-corrected chi connectivity index (χ4v) is 3.18. The average molecular weight is 271 g/mol. The van der Waals surface area contributed by atoms with Crippen LogP contribution in [0.1, 0.15) is 30.5 Å². The van der Waals surface area contributed by atoms with Gasteiger partial charge in [0.15, 0.2) is 0 Å². The lowest BCUT2D eigenvalue weighted by atomic mass is 10.1. The van der Waals surface area contributed by atoms with E-state index in [9.17, 15) is 8.42 Å². The second kappa shape index (κ2) is 5.82. The zero-order valence-corrected chi connectivity index (χ0v) is 12.4. The van der Waals surface area contributed by atoms with Crippen molar-refractivity contribution in [2.75, 3.05) is 6.61 Å². The first kappa shape index (κ1) is 15.1. The molecule has 0 spiro atoms. The summed E-state index contributed by atoms with van der Waals surface area (Å²) < 4.78 is 24.3. The van der Waals surface area contributed by atoms with Crippen molar-refractivity contribution in [3.8, 4) is 0 Å². The Bertz CT molecular complexity index is 498. The van der Waals surface area contributed by atoms with Gasteiger partial charge in [-0.2, -0.15) is 0 Å². The van der Waals surface area contributed by atoms with Gasteiger partial charge in [0.05, 0.1) is 11.5 Å². The van der Waals surface area contributed by atoms with Crippen molar-refractivity contribution in [3.05, 3.63) is 28.8 Å². The van der Waals surface area contributed by atoms with Gasteiger partial charge in [0.2, 0.25) is 0 Å². The molecule has 0 bridgehead atoms. The lowest BCUT2D eigenvalue weighted by Crippen LogP contribution is -2.27. The molecule has 0 aliphatic carbocycles. The molecule has 0 saturated heterocycles. The second-order valence-corrected chi connectivity index (χ2v) is 6.60. The number of hydrogen-bond donors (Lipinski definition) is 1. The lowest BCUT2D eigenvalue weighted by molar-refractivity contribution is 0.0718. The molecule has 0 aliphatic heterocycles. The Kier molecular flexibility index (Phi) is 4.90. The number of benzene rings is 1. The highest BCUT2D eigenvalue weighted by molar-refractivity contribution is 7.89. The predicted octanol–water partition coefficient (Wildman–Crippen LogP) is 2.48. The van der Waals surface area contributed by atoms with E-state index in [1.807, 2.05) is 32.9 Å². The van der Waals surface area contributed by atoms with Crippen LogP contribution in [0, 0.1) is 26.7 Å². The standard InChI is InChI=1S/C13H21NO3S/c1-9(2)8-17-14-18(15,16)13-11(4)6-10(3)7-12(13)5/h6-7,9,14H,8H2,1-5H3. The molecular formula is C13H21NO3S. The van der Waals surface area contributed by atoms with Gasteiger partial charge in [0.1, 0.15) is 0 Å². The first-order valence-corrected chi connectivity index (χ1v) is 7.44. The minimum atomic E-state index is -3.61. The van der Waals surface area contributed by atoms with Crippen molar-refractivity contribution < 1.29 is 13.3 Å². The van der Waals surface area contributed by atoms with Crippen LogP contribution in [0.25, 0.3) is 0 Å². The molecule has 1 rings (SSSR count). The molecule has 0 radical (unpaired) electrons. The van der Waals surface area contributed by atoms with Gasteiger partial charge in [-0.05, 0) is 37.8 Å². The summed E-state index contributed by atoms with van der Waals surface area (Å²) in [5.41, 5.74) is 2.51. The Balaban J connectivity index is 2.99. The Morgan fingerprint density at radius 2 is 1.67 bits per heavy atom. The maximum atomic E-state index is 12.1. The van der Waals surface area contributed by atoms with Gasteiger partial charge in [-0.3, -0.25) is 4.84 Å². The maximum absolute atomic E-state index is 12.1. The average Bonchev–Trinajstić information content (AvgIpc) is 2.13. The Morgan fingerprint density at radius 3 is 2.11 bits per heavy atom. The molecule has 1 aromatic rings. The normalized spacial score (nSPS) is 12.1. The van der Waals surface area contributed by atoms with Gasteiger partial charge >= 0.3 is 0 Å². The van der Waals surface area contributed by atoms with Crippen LogP contribution < -0.4 is 4.89 Å². The SMILES string of the molecule is Cc1cc(C)c(S(=O)(=O)NOCC(C)C)c(C)c1. The molecule has 0 aliphatic rings. The smallest absolute Gasteiger partial charge is 0.262 e. The van der Waals surface area contributed by atoms with Crippen LogP contribution in [0.5, 0.6) is 0 Å². The summed E-state index contributed by atoms with van der Waals surface area (Å²) in [6, 6.07) is 3.70. The van der Waals surface area contributed by atoms with Crippen LogP contribution in [0.3, 0.4) is 0 Å². The van der Waals surface area contributed by atoms with Crippen LogP contribution in [-0.2, 0) is 14.9 Å². The van der Waals surface area contributed by atoms with E-state index in [2.05, 4.69) is 4.89 Å². The Labute approximate surface area is 109 Å². The third-order valence-corrected chi connectivity index (χ3v) is 3.98. The van der Waals surface area contributed by atoms with E-state index in [1.165, 1.54) is 0 Å². The minimum absolute atomic E-state index is 0.271. The summed E-state index contributed by atoms with van der Waals surface area (Å²) in [5, 5.41) is 0. The Hall–Kier alpha value is -0.910. The highest BCUT2D eigenvalue weighted by Crippen LogP contribution is 2.21. The lowest BCUT2D eigenvalue weighted by Gasteiger charge is -2.13. The van der Waals surface area contributed by atoms with Crippen molar-refractivity contribution >= 4 is 10.0 Å². The predicted molar refractivity (Wildman–Crippen MR) is 71.8 cm³/mol. The van der Waals surface area contributed by atoms with Gasteiger partial charge < -0.3 is 0 Å². The van der Waals surface area contributed by atoms with Crippen molar-refractivity contribution in [3.63, 3.8) is 0 Å². The first-order valence-electron chi connectivity index (χ1n) is 5.95. The van der Waals surface area contributed by atoms with Gasteiger partial charge in [-0.1, -0.05) is 36.4 Å². The van der Waals surface area contributed by atoms with E-state index >= 15 is 0 Å². The summed E-state index contributed by atoms with van der Waals surface area (Å²) in [6.07, 6.45) is 0. The number of rotatable bonds is 5. The molecule has 0 saturated carbocycles. The van der Waals surface area contributed by atoms with Crippen molar-refractivity contribution in [1.29, 1.82) is 0 Å². The van der Waals surface area contributed by atoms with E-state index in [0.29, 0.717) is 11.5 Å². The molecular weight excluding hydrogens is 250 g/mol. The molecule has 1 N–H and O–H groups in total. The third-order valence-electron chi connectivity index (χ3n) is 2.46. The van der Waals surface area contributed by atoms with E-state index < -0.39 is 10.0 Å². The highest BCUT2D eigenvalue weighted by atomic mass is 32.2. The summed E-state index contributed by atoms with van der Waals surface area (Å²) >= 11 is 0. The largest absolute Gasteiger partial charge is 0.287 e. The van der Waals surface area contributed by atoms with Crippen molar-refractivity contribution in [2.45, 2.75) is 39.5 Å². The molecule has 0 atom stereocenters. The van der Waals surface area contributed by atoms with Crippen molar-refractivity contribution in [2.24, 2.45) is 5.92 Å². The van der Waals surface area contributed by atoms with Crippen LogP contribution in [0.4, 0.5) is 0 Å². The van der Waals surface area contributed by atoms with E-state index in [-0.39, 0.29) is 5.92 Å². The van der Waals surface area contributed by atoms with Crippen molar-refractivity contribution in [1.82, 2.24) is 4.89 Å². The molecule has 0 fully saturated rings.